The van der Waals surface area contributed by atoms with Crippen LogP contribution >= 0.6 is 0 Å². The monoisotopic (exact) mass is 553 g/mol. The summed E-state index contributed by atoms with van der Waals surface area (Å²) in [6.45, 7) is 6.61. The van der Waals surface area contributed by atoms with Crippen molar-refractivity contribution in [2.75, 3.05) is 32.7 Å². The van der Waals surface area contributed by atoms with E-state index in [-0.39, 0.29) is 22.5 Å². The van der Waals surface area contributed by atoms with Crippen LogP contribution in [0.15, 0.2) is 53.7 Å². The fraction of sp³-hybridized carbons (Fsp3) is 0.483. The molecular formula is C29H39N5O4S. The van der Waals surface area contributed by atoms with Crippen LogP contribution in [-0.2, 0) is 21.2 Å². The molecule has 39 heavy (non-hydrogen) atoms. The maximum Gasteiger partial charge on any atom is 0.257 e. The summed E-state index contributed by atoms with van der Waals surface area (Å²) in [5, 5.41) is 4.35. The molecule has 210 valence electrons. The first-order chi connectivity index (χ1) is 18.8. The Hall–Kier alpha value is -3.08. The minimum Gasteiger partial charge on any atom is -0.339 e. The molecule has 1 saturated heterocycles. The van der Waals surface area contributed by atoms with Gasteiger partial charge in [0, 0.05) is 45.2 Å². The number of pyridine rings is 1. The number of rotatable bonds is 12. The molecule has 3 heterocycles. The molecule has 9 nitrogen and oxygen atoms in total. The number of amides is 1. The van der Waals surface area contributed by atoms with Crippen LogP contribution in [0.1, 0.15) is 73.4 Å². The van der Waals surface area contributed by atoms with Gasteiger partial charge >= 0.3 is 0 Å². The molecule has 0 atom stereocenters. The Morgan fingerprint density at radius 1 is 1.05 bits per heavy atom. The van der Waals surface area contributed by atoms with Crippen molar-refractivity contribution >= 4 is 27.2 Å². The zero-order valence-corrected chi connectivity index (χ0v) is 23.7. The van der Waals surface area contributed by atoms with Gasteiger partial charge in [-0.2, -0.15) is 9.40 Å². The number of unbranched alkanes of at least 4 members (excludes halogenated alkanes) is 1. The lowest BCUT2D eigenvalue weighted by Gasteiger charge is -2.31. The van der Waals surface area contributed by atoms with Gasteiger partial charge < -0.3 is 10.6 Å². The molecule has 0 aliphatic carbocycles. The summed E-state index contributed by atoms with van der Waals surface area (Å²) in [5.41, 5.74) is 8.75. The molecule has 1 amide bonds. The van der Waals surface area contributed by atoms with E-state index in [1.807, 2.05) is 32.2 Å². The number of benzene rings is 1. The second-order valence-corrected chi connectivity index (χ2v) is 12.0. The van der Waals surface area contributed by atoms with Crippen molar-refractivity contribution in [2.24, 2.45) is 5.73 Å². The predicted octanol–water partition coefficient (Wildman–Crippen LogP) is 3.63. The molecule has 1 aliphatic rings. The number of ketones is 1. The SMILES string of the molecule is CCN(CC)C(=O)c1cnn2ccc(C3CCN(S(=O)(=O)c4ccc(CC(=O)CCCCN)cc4)CC3)cc12. The maximum absolute atomic E-state index is 13.3. The van der Waals surface area contributed by atoms with Crippen LogP contribution in [0.2, 0.25) is 0 Å². The highest BCUT2D eigenvalue weighted by atomic mass is 32.2. The number of nitrogens with two attached hydrogens (primary N) is 1. The standard InChI is InChI=1S/C29H39N5O4S/c1-3-32(4-2)29(36)27-21-31-34-18-14-24(20-28(27)34)23-12-16-33(17-13-23)39(37,38)26-10-8-22(9-11-26)19-25(35)7-5-6-15-30/h8-11,14,18,20-21,23H,3-7,12-13,15-17,19,30H2,1-2H3. The Kier molecular flexibility index (Phi) is 9.53. The van der Waals surface area contributed by atoms with E-state index in [0.29, 0.717) is 64.0 Å². The molecule has 3 aromatic rings. The van der Waals surface area contributed by atoms with E-state index in [4.69, 9.17) is 5.73 Å². The zero-order chi connectivity index (χ0) is 28.0. The van der Waals surface area contributed by atoms with Gasteiger partial charge in [-0.05, 0) is 87.4 Å². The normalized spacial score (nSPS) is 15.1. The summed E-state index contributed by atoms with van der Waals surface area (Å²) in [4.78, 5) is 27.1. The summed E-state index contributed by atoms with van der Waals surface area (Å²) < 4.78 is 29.9. The molecule has 2 N–H and O–H groups in total. The van der Waals surface area contributed by atoms with Crippen molar-refractivity contribution in [3.63, 3.8) is 0 Å². The highest BCUT2D eigenvalue weighted by Crippen LogP contribution is 2.32. The summed E-state index contributed by atoms with van der Waals surface area (Å²) in [6, 6.07) is 10.7. The van der Waals surface area contributed by atoms with Crippen molar-refractivity contribution in [1.29, 1.82) is 0 Å². The summed E-state index contributed by atoms with van der Waals surface area (Å²) >= 11 is 0. The van der Waals surface area contributed by atoms with Gasteiger partial charge in [-0.3, -0.25) is 9.59 Å². The Morgan fingerprint density at radius 2 is 1.74 bits per heavy atom. The van der Waals surface area contributed by atoms with Crippen molar-refractivity contribution in [3.05, 3.63) is 65.5 Å². The van der Waals surface area contributed by atoms with Gasteiger partial charge in [0.1, 0.15) is 5.78 Å². The lowest BCUT2D eigenvalue weighted by Crippen LogP contribution is -2.37. The molecule has 0 unspecified atom stereocenters. The van der Waals surface area contributed by atoms with Gasteiger partial charge in [0.15, 0.2) is 0 Å². The lowest BCUT2D eigenvalue weighted by atomic mass is 9.90. The molecule has 0 bridgehead atoms. The maximum atomic E-state index is 13.3. The number of piperidine rings is 1. The first-order valence-electron chi connectivity index (χ1n) is 13.9. The van der Waals surface area contributed by atoms with Crippen molar-refractivity contribution < 1.29 is 18.0 Å². The third-order valence-electron chi connectivity index (χ3n) is 7.62. The fourth-order valence-corrected chi connectivity index (χ4v) is 6.71. The highest BCUT2D eigenvalue weighted by molar-refractivity contribution is 7.89. The zero-order valence-electron chi connectivity index (χ0n) is 22.9. The first kappa shape index (κ1) is 28.9. The van der Waals surface area contributed by atoms with Crippen LogP contribution in [0.4, 0.5) is 0 Å². The number of hydrogen-bond acceptors (Lipinski definition) is 6. The first-order valence-corrected chi connectivity index (χ1v) is 15.3. The van der Waals surface area contributed by atoms with Crippen molar-refractivity contribution in [2.45, 2.75) is 63.2 Å². The van der Waals surface area contributed by atoms with E-state index < -0.39 is 10.0 Å². The smallest absolute Gasteiger partial charge is 0.257 e. The second-order valence-electron chi connectivity index (χ2n) is 10.1. The van der Waals surface area contributed by atoms with Gasteiger partial charge in [-0.15, -0.1) is 0 Å². The number of Topliss-reactive ketones (excluding diaryl/α,β-unsaturated/α-hetero) is 1. The lowest BCUT2D eigenvalue weighted by molar-refractivity contribution is -0.118. The van der Waals surface area contributed by atoms with E-state index >= 15 is 0 Å². The number of nitrogens with zero attached hydrogens (tertiary/aromatic N) is 4. The third-order valence-corrected chi connectivity index (χ3v) is 9.54. The average molecular weight is 554 g/mol. The number of fused-ring (bicyclic) bond motifs is 1. The van der Waals surface area contributed by atoms with Gasteiger partial charge in [0.25, 0.3) is 5.91 Å². The van der Waals surface area contributed by atoms with E-state index in [1.54, 1.807) is 44.2 Å². The Labute approximate surface area is 231 Å². The Morgan fingerprint density at radius 3 is 2.38 bits per heavy atom. The number of carbonyl (C=O) groups is 2. The molecule has 0 spiro atoms. The molecule has 0 radical (unpaired) electrons. The Bertz CT molecular complexity index is 1390. The molecule has 2 aromatic heterocycles. The number of hydrogen-bond donors (Lipinski definition) is 1. The van der Waals surface area contributed by atoms with Crippen LogP contribution in [0.25, 0.3) is 5.52 Å². The third kappa shape index (κ3) is 6.57. The second kappa shape index (κ2) is 12.8. The fourth-order valence-electron chi connectivity index (χ4n) is 5.24. The highest BCUT2D eigenvalue weighted by Gasteiger charge is 2.30. The molecule has 0 saturated carbocycles. The van der Waals surface area contributed by atoms with Gasteiger partial charge in [0.2, 0.25) is 10.0 Å². The topological polar surface area (TPSA) is 118 Å². The van der Waals surface area contributed by atoms with Gasteiger partial charge in [-0.1, -0.05) is 12.1 Å². The molecule has 1 fully saturated rings. The van der Waals surface area contributed by atoms with Gasteiger partial charge in [0.05, 0.1) is 22.2 Å². The van der Waals surface area contributed by atoms with Crippen LogP contribution in [0, 0.1) is 0 Å². The van der Waals surface area contributed by atoms with Crippen LogP contribution < -0.4 is 5.73 Å². The molecule has 10 heteroatoms. The van der Waals surface area contributed by atoms with Gasteiger partial charge in [-0.25, -0.2) is 12.9 Å². The van der Waals surface area contributed by atoms with Crippen molar-refractivity contribution in [3.8, 4) is 0 Å². The number of carbonyl (C=O) groups excluding carboxylic acids is 2. The average Bonchev–Trinajstić information content (AvgIpc) is 3.37. The molecule has 4 rings (SSSR count). The summed E-state index contributed by atoms with van der Waals surface area (Å²) in [7, 11) is -3.62. The summed E-state index contributed by atoms with van der Waals surface area (Å²) in [6.07, 6.45) is 7.29. The van der Waals surface area contributed by atoms with E-state index in [9.17, 15) is 18.0 Å². The van der Waals surface area contributed by atoms with E-state index in [2.05, 4.69) is 5.10 Å². The van der Waals surface area contributed by atoms with E-state index in [0.717, 1.165) is 29.5 Å². The van der Waals surface area contributed by atoms with E-state index in [1.165, 1.54) is 0 Å². The number of sulfonamides is 1. The van der Waals surface area contributed by atoms with Crippen molar-refractivity contribution in [1.82, 2.24) is 18.8 Å². The quantitative estimate of drug-likeness (QED) is 0.342. The largest absolute Gasteiger partial charge is 0.339 e. The number of aromatic nitrogens is 2. The molecular weight excluding hydrogens is 514 g/mol. The van der Waals surface area contributed by atoms with Crippen LogP contribution in [0.3, 0.4) is 0 Å². The minimum atomic E-state index is -3.62. The Balaban J connectivity index is 1.40. The minimum absolute atomic E-state index is 0.0324. The molecule has 1 aromatic carbocycles. The van der Waals surface area contributed by atoms with Crippen LogP contribution in [-0.4, -0.2) is 71.7 Å². The predicted molar refractivity (Wildman–Crippen MR) is 151 cm³/mol. The van der Waals surface area contributed by atoms with Crippen LogP contribution in [0.5, 0.6) is 0 Å². The summed E-state index contributed by atoms with van der Waals surface area (Å²) in [5.74, 6) is 0.301. The molecule has 1 aliphatic heterocycles.